The number of rotatable bonds is 3. The lowest BCUT2D eigenvalue weighted by Gasteiger charge is -2.34. The summed E-state index contributed by atoms with van der Waals surface area (Å²) in [6.45, 7) is 0.858. The van der Waals surface area contributed by atoms with Gasteiger partial charge in [-0.1, -0.05) is 23.7 Å². The van der Waals surface area contributed by atoms with E-state index < -0.39 is 0 Å². The Morgan fingerprint density at radius 2 is 1.79 bits per heavy atom. The fourth-order valence-electron chi connectivity index (χ4n) is 2.19. The van der Waals surface area contributed by atoms with Gasteiger partial charge in [0.2, 0.25) is 0 Å². The van der Waals surface area contributed by atoms with Crippen molar-refractivity contribution >= 4 is 11.6 Å². The minimum absolute atomic E-state index is 0.785. The quantitative estimate of drug-likeness (QED) is 0.814. The van der Waals surface area contributed by atoms with Crippen molar-refractivity contribution in [1.82, 2.24) is 0 Å². The van der Waals surface area contributed by atoms with E-state index in [-0.39, 0.29) is 0 Å². The first-order valence-corrected chi connectivity index (χ1v) is 5.60. The summed E-state index contributed by atoms with van der Waals surface area (Å²) >= 11 is 5.83. The molecule has 0 aliphatic heterocycles. The first-order chi connectivity index (χ1) is 6.78. The van der Waals surface area contributed by atoms with Gasteiger partial charge in [-0.3, -0.25) is 0 Å². The van der Waals surface area contributed by atoms with Crippen molar-refractivity contribution in [2.75, 3.05) is 6.54 Å². The van der Waals surface area contributed by atoms with Gasteiger partial charge in [0.05, 0.1) is 0 Å². The van der Waals surface area contributed by atoms with Crippen molar-refractivity contribution in [2.24, 2.45) is 17.6 Å². The van der Waals surface area contributed by atoms with Crippen LogP contribution in [0.3, 0.4) is 0 Å². The van der Waals surface area contributed by atoms with Gasteiger partial charge in [0.1, 0.15) is 0 Å². The SMILES string of the molecule is NCC1CC(Cc2ccc(Cl)cc2)C1. The molecule has 76 valence electrons. The van der Waals surface area contributed by atoms with Gasteiger partial charge in [0.15, 0.2) is 0 Å². The zero-order chi connectivity index (χ0) is 9.97. The molecule has 1 fully saturated rings. The summed E-state index contributed by atoms with van der Waals surface area (Å²) < 4.78 is 0. The van der Waals surface area contributed by atoms with Crippen molar-refractivity contribution in [1.29, 1.82) is 0 Å². The molecule has 0 heterocycles. The fraction of sp³-hybridized carbons (Fsp3) is 0.500. The van der Waals surface area contributed by atoms with E-state index in [0.717, 1.165) is 23.4 Å². The molecule has 0 bridgehead atoms. The third kappa shape index (κ3) is 2.28. The number of nitrogens with two attached hydrogens (primary N) is 1. The lowest BCUT2D eigenvalue weighted by atomic mass is 9.72. The first-order valence-electron chi connectivity index (χ1n) is 5.22. The smallest absolute Gasteiger partial charge is 0.0406 e. The molecule has 1 aliphatic carbocycles. The second-order valence-electron chi connectivity index (χ2n) is 4.27. The van der Waals surface area contributed by atoms with Crippen molar-refractivity contribution in [3.63, 3.8) is 0 Å². The molecule has 0 unspecified atom stereocenters. The highest BCUT2D eigenvalue weighted by molar-refractivity contribution is 6.30. The summed E-state index contributed by atoms with van der Waals surface area (Å²) in [5.41, 5.74) is 6.99. The summed E-state index contributed by atoms with van der Waals surface area (Å²) in [6, 6.07) is 8.18. The van der Waals surface area contributed by atoms with E-state index in [9.17, 15) is 0 Å². The Balaban J connectivity index is 1.84. The Kier molecular flexibility index (Phi) is 3.09. The van der Waals surface area contributed by atoms with E-state index >= 15 is 0 Å². The molecule has 0 atom stereocenters. The molecule has 1 saturated carbocycles. The van der Waals surface area contributed by atoms with Crippen molar-refractivity contribution in [3.05, 3.63) is 34.9 Å². The lowest BCUT2D eigenvalue weighted by molar-refractivity contribution is 0.199. The Morgan fingerprint density at radius 3 is 2.36 bits per heavy atom. The lowest BCUT2D eigenvalue weighted by Crippen LogP contribution is -2.31. The van der Waals surface area contributed by atoms with Crippen LogP contribution in [0.1, 0.15) is 18.4 Å². The van der Waals surface area contributed by atoms with Crippen LogP contribution in [0.15, 0.2) is 24.3 Å². The summed E-state index contributed by atoms with van der Waals surface area (Å²) in [4.78, 5) is 0. The molecule has 1 nitrogen and oxygen atoms in total. The van der Waals surface area contributed by atoms with Crippen LogP contribution < -0.4 is 5.73 Å². The third-order valence-corrected chi connectivity index (χ3v) is 3.36. The Bertz CT molecular complexity index is 288. The van der Waals surface area contributed by atoms with Gasteiger partial charge in [-0.05, 0) is 55.3 Å². The van der Waals surface area contributed by atoms with Crippen molar-refractivity contribution in [3.8, 4) is 0 Å². The highest BCUT2D eigenvalue weighted by Crippen LogP contribution is 2.35. The maximum Gasteiger partial charge on any atom is 0.0406 e. The second kappa shape index (κ2) is 4.33. The van der Waals surface area contributed by atoms with E-state index in [1.54, 1.807) is 0 Å². The molecule has 0 saturated heterocycles. The van der Waals surface area contributed by atoms with Crippen LogP contribution in [0, 0.1) is 11.8 Å². The second-order valence-corrected chi connectivity index (χ2v) is 4.71. The van der Waals surface area contributed by atoms with Crippen LogP contribution in [0.5, 0.6) is 0 Å². The van der Waals surface area contributed by atoms with E-state index in [1.165, 1.54) is 24.8 Å². The van der Waals surface area contributed by atoms with Gasteiger partial charge >= 0.3 is 0 Å². The van der Waals surface area contributed by atoms with Gasteiger partial charge in [0, 0.05) is 5.02 Å². The number of halogens is 1. The van der Waals surface area contributed by atoms with Gasteiger partial charge in [-0.15, -0.1) is 0 Å². The van der Waals surface area contributed by atoms with Gasteiger partial charge in [-0.2, -0.15) is 0 Å². The van der Waals surface area contributed by atoms with Crippen LogP contribution >= 0.6 is 11.6 Å². The average molecular weight is 210 g/mol. The Labute approximate surface area is 90.3 Å². The normalized spacial score (nSPS) is 25.9. The minimum atomic E-state index is 0.785. The third-order valence-electron chi connectivity index (χ3n) is 3.10. The summed E-state index contributed by atoms with van der Waals surface area (Å²) in [5.74, 6) is 1.64. The highest BCUT2D eigenvalue weighted by Gasteiger charge is 2.27. The monoisotopic (exact) mass is 209 g/mol. The zero-order valence-corrected chi connectivity index (χ0v) is 9.00. The maximum absolute atomic E-state index is 5.83. The zero-order valence-electron chi connectivity index (χ0n) is 8.25. The van der Waals surface area contributed by atoms with Crippen LogP contribution in [0.25, 0.3) is 0 Å². The number of hydrogen-bond acceptors (Lipinski definition) is 1. The largest absolute Gasteiger partial charge is 0.330 e. The van der Waals surface area contributed by atoms with E-state index in [2.05, 4.69) is 12.1 Å². The summed E-state index contributed by atoms with van der Waals surface area (Å²) in [5, 5.41) is 0.821. The average Bonchev–Trinajstić information content (AvgIpc) is 2.13. The maximum atomic E-state index is 5.83. The molecule has 14 heavy (non-hydrogen) atoms. The summed E-state index contributed by atoms with van der Waals surface area (Å²) in [6.07, 6.45) is 3.80. The molecule has 1 aliphatic rings. The van der Waals surface area contributed by atoms with Crippen LogP contribution in [0.4, 0.5) is 0 Å². The molecule has 2 heteroatoms. The molecule has 1 aromatic rings. The van der Waals surface area contributed by atoms with E-state index in [0.29, 0.717) is 0 Å². The van der Waals surface area contributed by atoms with Crippen LogP contribution in [-0.2, 0) is 6.42 Å². The fourth-order valence-corrected chi connectivity index (χ4v) is 2.31. The van der Waals surface area contributed by atoms with Gasteiger partial charge in [0.25, 0.3) is 0 Å². The molecule has 0 radical (unpaired) electrons. The molecular formula is C12H16ClN. The number of benzene rings is 1. The van der Waals surface area contributed by atoms with Crippen LogP contribution in [-0.4, -0.2) is 6.54 Å². The molecular weight excluding hydrogens is 194 g/mol. The molecule has 0 spiro atoms. The van der Waals surface area contributed by atoms with Crippen molar-refractivity contribution in [2.45, 2.75) is 19.3 Å². The molecule has 0 amide bonds. The number of hydrogen-bond donors (Lipinski definition) is 1. The Morgan fingerprint density at radius 1 is 1.14 bits per heavy atom. The minimum Gasteiger partial charge on any atom is -0.330 e. The standard InChI is InChI=1S/C12H16ClN/c13-12-3-1-9(2-4-12)5-10-6-11(7-10)8-14/h1-4,10-11H,5-8,14H2. The van der Waals surface area contributed by atoms with Gasteiger partial charge in [-0.25, -0.2) is 0 Å². The molecule has 1 aromatic carbocycles. The summed E-state index contributed by atoms with van der Waals surface area (Å²) in [7, 11) is 0. The topological polar surface area (TPSA) is 26.0 Å². The Hall–Kier alpha value is -0.530. The van der Waals surface area contributed by atoms with Crippen molar-refractivity contribution < 1.29 is 0 Å². The first kappa shape index (κ1) is 10.0. The predicted molar refractivity (Wildman–Crippen MR) is 60.4 cm³/mol. The van der Waals surface area contributed by atoms with Gasteiger partial charge < -0.3 is 5.73 Å². The highest BCUT2D eigenvalue weighted by atomic mass is 35.5. The van der Waals surface area contributed by atoms with E-state index in [1.807, 2.05) is 12.1 Å². The molecule has 2 N–H and O–H groups in total. The molecule has 0 aromatic heterocycles. The van der Waals surface area contributed by atoms with Crippen LogP contribution in [0.2, 0.25) is 5.02 Å². The van der Waals surface area contributed by atoms with E-state index in [4.69, 9.17) is 17.3 Å². The molecule has 2 rings (SSSR count). The predicted octanol–water partition coefficient (Wildman–Crippen LogP) is 2.87.